The fraction of sp³-hybridized carbons (Fsp3) is 0.250. The summed E-state index contributed by atoms with van der Waals surface area (Å²) in [5.41, 5.74) is 3.00. The van der Waals surface area contributed by atoms with Gasteiger partial charge in [0.25, 0.3) is 0 Å². The van der Waals surface area contributed by atoms with E-state index >= 15 is 0 Å². The highest BCUT2D eigenvalue weighted by molar-refractivity contribution is 6.61. The van der Waals surface area contributed by atoms with Gasteiger partial charge in [-0.2, -0.15) is 0 Å². The minimum atomic E-state index is -0.344. The van der Waals surface area contributed by atoms with Crippen molar-refractivity contribution in [3.05, 3.63) is 52.5 Å². The second-order valence-electron chi connectivity index (χ2n) is 5.14. The smallest absolute Gasteiger partial charge is 0.404 e. The van der Waals surface area contributed by atoms with Crippen LogP contribution in [0.4, 0.5) is 0 Å². The van der Waals surface area contributed by atoms with Crippen LogP contribution in [0.5, 0.6) is 0 Å². The van der Waals surface area contributed by atoms with Crippen molar-refractivity contribution in [1.29, 1.82) is 0 Å². The summed E-state index contributed by atoms with van der Waals surface area (Å²) in [6, 6.07) is 13.5. The molecule has 0 amide bonds. The highest BCUT2D eigenvalue weighted by atomic mass is 35.5. The van der Waals surface area contributed by atoms with Gasteiger partial charge >= 0.3 is 7.12 Å². The molecule has 0 atom stereocenters. The predicted octanol–water partition coefficient (Wildman–Crippen LogP) is 3.42. The van der Waals surface area contributed by atoms with Crippen LogP contribution in [0.3, 0.4) is 0 Å². The first-order chi connectivity index (χ1) is 10.7. The van der Waals surface area contributed by atoms with Gasteiger partial charge in [-0.25, -0.2) is 0 Å². The van der Waals surface area contributed by atoms with Gasteiger partial charge in [-0.3, -0.25) is 0 Å². The van der Waals surface area contributed by atoms with Gasteiger partial charge in [0.15, 0.2) is 0 Å². The highest BCUT2D eigenvalue weighted by Gasteiger charge is 2.28. The Hall–Kier alpha value is -1.04. The zero-order valence-corrected chi connectivity index (χ0v) is 13.6. The number of methoxy groups -OCH3 is 1. The monoisotopic (exact) mass is 336 g/mol. The molecule has 1 saturated heterocycles. The average Bonchev–Trinajstić information content (AvgIpc) is 2.54. The summed E-state index contributed by atoms with van der Waals surface area (Å²) < 4.78 is 16.5. The van der Waals surface area contributed by atoms with E-state index in [9.17, 15) is 0 Å². The molecule has 2 aromatic rings. The van der Waals surface area contributed by atoms with Crippen LogP contribution in [0, 0.1) is 0 Å². The molecule has 3 nitrogen and oxygen atoms in total. The standard InChI is InChI=1S/C16H15BCl2O3/c1-20-16-9-21-17(22-10-16)13-4-2-11(3-5-13)12-6-14(18)8-15(19)7-12/h2-8,16H,9-10H2,1H3. The number of halogens is 2. The number of rotatable bonds is 3. The number of ether oxygens (including phenoxy) is 1. The zero-order chi connectivity index (χ0) is 15.5. The van der Waals surface area contributed by atoms with E-state index in [0.717, 1.165) is 16.6 Å². The van der Waals surface area contributed by atoms with Crippen LogP contribution in [0.1, 0.15) is 0 Å². The molecule has 0 spiro atoms. The predicted molar refractivity (Wildman–Crippen MR) is 90.0 cm³/mol. The first-order valence-electron chi connectivity index (χ1n) is 6.98. The third kappa shape index (κ3) is 3.65. The normalized spacial score (nSPS) is 16.0. The Morgan fingerprint density at radius 2 is 1.55 bits per heavy atom. The van der Waals surface area contributed by atoms with Crippen molar-refractivity contribution >= 4 is 35.8 Å². The molecule has 0 aliphatic carbocycles. The highest BCUT2D eigenvalue weighted by Crippen LogP contribution is 2.26. The lowest BCUT2D eigenvalue weighted by atomic mass is 9.77. The Labute approximate surface area is 140 Å². The van der Waals surface area contributed by atoms with Gasteiger partial charge in [-0.05, 0) is 34.8 Å². The van der Waals surface area contributed by atoms with Crippen LogP contribution in [0.2, 0.25) is 10.0 Å². The van der Waals surface area contributed by atoms with E-state index < -0.39 is 0 Å². The van der Waals surface area contributed by atoms with E-state index in [1.165, 1.54) is 0 Å². The molecule has 1 aliphatic heterocycles. The molecular weight excluding hydrogens is 322 g/mol. The molecule has 114 valence electrons. The molecular formula is C16H15BCl2O3. The summed E-state index contributed by atoms with van der Waals surface area (Å²) in [6.07, 6.45) is 0.00382. The minimum Gasteiger partial charge on any atom is -0.404 e. The quantitative estimate of drug-likeness (QED) is 0.804. The molecule has 2 aromatic carbocycles. The number of benzene rings is 2. The van der Waals surface area contributed by atoms with E-state index in [-0.39, 0.29) is 13.2 Å². The lowest BCUT2D eigenvalue weighted by Crippen LogP contribution is -2.46. The summed E-state index contributed by atoms with van der Waals surface area (Å²) >= 11 is 12.1. The van der Waals surface area contributed by atoms with Gasteiger partial charge in [0, 0.05) is 17.2 Å². The van der Waals surface area contributed by atoms with Crippen molar-refractivity contribution in [3.63, 3.8) is 0 Å². The summed E-state index contributed by atoms with van der Waals surface area (Å²) in [6.45, 7) is 1.07. The fourth-order valence-electron chi connectivity index (χ4n) is 2.37. The number of hydrogen-bond acceptors (Lipinski definition) is 3. The van der Waals surface area contributed by atoms with E-state index in [1.807, 2.05) is 36.4 Å². The number of hydrogen-bond donors (Lipinski definition) is 0. The van der Waals surface area contributed by atoms with Gasteiger partial charge in [0.1, 0.15) is 6.10 Å². The van der Waals surface area contributed by atoms with Gasteiger partial charge in [-0.15, -0.1) is 0 Å². The molecule has 1 aliphatic rings. The third-order valence-electron chi connectivity index (χ3n) is 3.58. The molecule has 0 N–H and O–H groups in total. The zero-order valence-electron chi connectivity index (χ0n) is 12.1. The molecule has 0 aromatic heterocycles. The Morgan fingerprint density at radius 1 is 0.955 bits per heavy atom. The first kappa shape index (κ1) is 15.8. The lowest BCUT2D eigenvalue weighted by Gasteiger charge is -2.26. The van der Waals surface area contributed by atoms with Crippen LogP contribution >= 0.6 is 23.2 Å². The van der Waals surface area contributed by atoms with Crippen molar-refractivity contribution in [1.82, 2.24) is 0 Å². The molecule has 1 heterocycles. The van der Waals surface area contributed by atoms with Crippen molar-refractivity contribution in [2.24, 2.45) is 0 Å². The summed E-state index contributed by atoms with van der Waals surface area (Å²) in [7, 11) is 1.31. The summed E-state index contributed by atoms with van der Waals surface area (Å²) in [5.74, 6) is 0. The Kier molecular flexibility index (Phi) is 5.06. The third-order valence-corrected chi connectivity index (χ3v) is 4.02. The second-order valence-corrected chi connectivity index (χ2v) is 6.01. The maximum absolute atomic E-state index is 6.04. The average molecular weight is 337 g/mol. The Bertz CT molecular complexity index is 620. The molecule has 1 fully saturated rings. The molecule has 6 heteroatoms. The lowest BCUT2D eigenvalue weighted by molar-refractivity contribution is -0.0186. The molecule has 22 heavy (non-hydrogen) atoms. The van der Waals surface area contributed by atoms with Crippen molar-refractivity contribution in [2.45, 2.75) is 6.10 Å². The van der Waals surface area contributed by atoms with Crippen molar-refractivity contribution in [2.75, 3.05) is 20.3 Å². The molecule has 3 rings (SSSR count). The van der Waals surface area contributed by atoms with E-state index in [0.29, 0.717) is 23.3 Å². The molecule has 0 bridgehead atoms. The van der Waals surface area contributed by atoms with Gasteiger partial charge in [0.05, 0.1) is 13.2 Å². The van der Waals surface area contributed by atoms with Gasteiger partial charge in [-0.1, -0.05) is 47.5 Å². The minimum absolute atomic E-state index is 0.00382. The largest absolute Gasteiger partial charge is 0.494 e. The van der Waals surface area contributed by atoms with Gasteiger partial charge in [0.2, 0.25) is 0 Å². The van der Waals surface area contributed by atoms with Crippen LogP contribution in [-0.4, -0.2) is 33.5 Å². The maximum Gasteiger partial charge on any atom is 0.494 e. The van der Waals surface area contributed by atoms with E-state index in [2.05, 4.69) is 0 Å². The molecule has 0 saturated carbocycles. The van der Waals surface area contributed by atoms with Crippen LogP contribution in [0.25, 0.3) is 11.1 Å². The maximum atomic E-state index is 6.04. The van der Waals surface area contributed by atoms with Crippen LogP contribution in [0.15, 0.2) is 42.5 Å². The molecule has 0 unspecified atom stereocenters. The van der Waals surface area contributed by atoms with Crippen LogP contribution in [-0.2, 0) is 14.0 Å². The topological polar surface area (TPSA) is 27.7 Å². The van der Waals surface area contributed by atoms with Crippen molar-refractivity contribution < 1.29 is 14.0 Å². The summed E-state index contributed by atoms with van der Waals surface area (Å²) in [5, 5.41) is 1.24. The fourth-order valence-corrected chi connectivity index (χ4v) is 2.89. The van der Waals surface area contributed by atoms with Crippen LogP contribution < -0.4 is 5.46 Å². The van der Waals surface area contributed by atoms with Gasteiger partial charge < -0.3 is 14.0 Å². The van der Waals surface area contributed by atoms with E-state index in [4.69, 9.17) is 37.2 Å². The summed E-state index contributed by atoms with van der Waals surface area (Å²) in [4.78, 5) is 0. The Balaban J connectivity index is 1.75. The van der Waals surface area contributed by atoms with E-state index in [1.54, 1.807) is 13.2 Å². The Morgan fingerprint density at radius 3 is 2.09 bits per heavy atom. The first-order valence-corrected chi connectivity index (χ1v) is 7.74. The second kappa shape index (κ2) is 7.03. The molecule has 0 radical (unpaired) electrons. The SMILES string of the molecule is COC1COB(c2ccc(-c3cc(Cl)cc(Cl)c3)cc2)OC1. The van der Waals surface area contributed by atoms with Crippen molar-refractivity contribution in [3.8, 4) is 11.1 Å².